The Labute approximate surface area is 114 Å². The van der Waals surface area contributed by atoms with Crippen LogP contribution in [-0.2, 0) is 6.54 Å². The second kappa shape index (κ2) is 5.26. The minimum atomic E-state index is -1.21. The zero-order valence-corrected chi connectivity index (χ0v) is 10.7. The third kappa shape index (κ3) is 2.67. The molecule has 2 rings (SSSR count). The van der Waals surface area contributed by atoms with Gasteiger partial charge in [0.2, 0.25) is 0 Å². The number of anilines is 1. The molecule has 1 aromatic heterocycles. The standard InChI is InChI=1S/C13H12ClN3O2/c14-11-9(16)5-10(17-12(11)13(18)19)8-3-1-2-7(4-8)6-15/h1-5H,6,15H2,(H2,16,17)(H,18,19). The maximum absolute atomic E-state index is 11.1. The van der Waals surface area contributed by atoms with Gasteiger partial charge in [-0.25, -0.2) is 9.78 Å². The number of nitrogens with two attached hydrogens (primary N) is 2. The van der Waals surface area contributed by atoms with Gasteiger partial charge in [-0.2, -0.15) is 0 Å². The zero-order chi connectivity index (χ0) is 14.0. The van der Waals surface area contributed by atoms with Crippen molar-refractivity contribution >= 4 is 23.3 Å². The predicted molar refractivity (Wildman–Crippen MR) is 73.9 cm³/mol. The number of rotatable bonds is 3. The summed E-state index contributed by atoms with van der Waals surface area (Å²) in [5, 5.41) is 8.99. The average molecular weight is 278 g/mol. The molecular formula is C13H12ClN3O2. The minimum Gasteiger partial charge on any atom is -0.476 e. The summed E-state index contributed by atoms with van der Waals surface area (Å²) in [6.07, 6.45) is 0. The first kappa shape index (κ1) is 13.3. The number of pyridine rings is 1. The summed E-state index contributed by atoms with van der Waals surface area (Å²) in [6, 6.07) is 8.89. The van der Waals surface area contributed by atoms with Gasteiger partial charge in [0, 0.05) is 12.1 Å². The molecule has 6 heteroatoms. The van der Waals surface area contributed by atoms with Crippen LogP contribution in [0, 0.1) is 0 Å². The molecular weight excluding hydrogens is 266 g/mol. The summed E-state index contributed by atoms with van der Waals surface area (Å²) in [5.74, 6) is -1.21. The Balaban J connectivity index is 2.59. The molecule has 0 unspecified atom stereocenters. The summed E-state index contributed by atoms with van der Waals surface area (Å²) in [7, 11) is 0. The van der Waals surface area contributed by atoms with Crippen molar-refractivity contribution in [2.75, 3.05) is 5.73 Å². The molecule has 0 spiro atoms. The van der Waals surface area contributed by atoms with Gasteiger partial charge in [0.1, 0.15) is 0 Å². The minimum absolute atomic E-state index is 0.0498. The molecule has 0 saturated heterocycles. The fourth-order valence-electron chi connectivity index (χ4n) is 1.70. The van der Waals surface area contributed by atoms with E-state index in [1.165, 1.54) is 0 Å². The van der Waals surface area contributed by atoms with Crippen LogP contribution in [0.1, 0.15) is 16.1 Å². The second-order valence-corrected chi connectivity index (χ2v) is 4.35. The van der Waals surface area contributed by atoms with E-state index in [0.29, 0.717) is 12.2 Å². The first-order valence-electron chi connectivity index (χ1n) is 5.51. The molecule has 0 aliphatic carbocycles. The Morgan fingerprint density at radius 2 is 2.11 bits per heavy atom. The average Bonchev–Trinajstić information content (AvgIpc) is 2.41. The lowest BCUT2D eigenvalue weighted by Crippen LogP contribution is -2.05. The van der Waals surface area contributed by atoms with Gasteiger partial charge in [0.15, 0.2) is 5.69 Å². The van der Waals surface area contributed by atoms with Crippen molar-refractivity contribution in [3.63, 3.8) is 0 Å². The number of nitrogen functional groups attached to an aromatic ring is 1. The molecule has 0 fully saturated rings. The van der Waals surface area contributed by atoms with Gasteiger partial charge in [0.05, 0.1) is 16.4 Å². The smallest absolute Gasteiger partial charge is 0.356 e. The van der Waals surface area contributed by atoms with Crippen molar-refractivity contribution in [1.29, 1.82) is 0 Å². The van der Waals surface area contributed by atoms with Crippen LogP contribution >= 0.6 is 11.6 Å². The molecule has 5 nitrogen and oxygen atoms in total. The van der Waals surface area contributed by atoms with Crippen molar-refractivity contribution in [2.45, 2.75) is 6.54 Å². The van der Waals surface area contributed by atoms with E-state index in [4.69, 9.17) is 28.2 Å². The Kier molecular flexibility index (Phi) is 3.69. The van der Waals surface area contributed by atoms with Crippen molar-refractivity contribution in [3.05, 3.63) is 46.6 Å². The maximum Gasteiger partial charge on any atom is 0.356 e. The molecule has 1 aromatic carbocycles. The number of aromatic nitrogens is 1. The number of aromatic carboxylic acids is 1. The van der Waals surface area contributed by atoms with Crippen LogP contribution in [0.5, 0.6) is 0 Å². The number of carboxylic acid groups (broad SMARTS) is 1. The molecule has 0 amide bonds. The largest absolute Gasteiger partial charge is 0.476 e. The number of nitrogens with zero attached hydrogens (tertiary/aromatic N) is 1. The molecule has 19 heavy (non-hydrogen) atoms. The van der Waals surface area contributed by atoms with Crippen LogP contribution in [0.25, 0.3) is 11.3 Å². The van der Waals surface area contributed by atoms with E-state index >= 15 is 0 Å². The molecule has 0 atom stereocenters. The van der Waals surface area contributed by atoms with Crippen LogP contribution in [0.2, 0.25) is 5.02 Å². The van der Waals surface area contributed by atoms with Crippen molar-refractivity contribution in [3.8, 4) is 11.3 Å². The summed E-state index contributed by atoms with van der Waals surface area (Å²) in [6.45, 7) is 0.392. The van der Waals surface area contributed by atoms with Crippen LogP contribution < -0.4 is 11.5 Å². The lowest BCUT2D eigenvalue weighted by Gasteiger charge is -2.08. The fraction of sp³-hybridized carbons (Fsp3) is 0.0769. The summed E-state index contributed by atoms with van der Waals surface area (Å²) in [4.78, 5) is 15.1. The van der Waals surface area contributed by atoms with Gasteiger partial charge in [-0.15, -0.1) is 0 Å². The molecule has 0 aliphatic rings. The van der Waals surface area contributed by atoms with E-state index in [1.54, 1.807) is 12.1 Å². The summed E-state index contributed by atoms with van der Waals surface area (Å²) >= 11 is 5.82. The van der Waals surface area contributed by atoms with E-state index in [9.17, 15) is 4.79 Å². The van der Waals surface area contributed by atoms with Crippen LogP contribution in [0.3, 0.4) is 0 Å². The third-order valence-electron chi connectivity index (χ3n) is 2.65. The lowest BCUT2D eigenvalue weighted by molar-refractivity contribution is 0.0691. The highest BCUT2D eigenvalue weighted by Crippen LogP contribution is 2.28. The van der Waals surface area contributed by atoms with E-state index in [2.05, 4.69) is 4.98 Å². The predicted octanol–water partition coefficient (Wildman–Crippen LogP) is 2.14. The first-order valence-corrected chi connectivity index (χ1v) is 5.89. The molecule has 5 N–H and O–H groups in total. The first-order chi connectivity index (χ1) is 9.02. The van der Waals surface area contributed by atoms with Gasteiger partial charge in [-0.1, -0.05) is 29.8 Å². The Morgan fingerprint density at radius 1 is 1.37 bits per heavy atom. The Bertz CT molecular complexity index is 644. The Morgan fingerprint density at radius 3 is 2.74 bits per heavy atom. The van der Waals surface area contributed by atoms with E-state index in [0.717, 1.165) is 11.1 Å². The van der Waals surface area contributed by atoms with Crippen LogP contribution in [0.4, 0.5) is 5.69 Å². The molecule has 0 radical (unpaired) electrons. The summed E-state index contributed by atoms with van der Waals surface area (Å²) in [5.41, 5.74) is 13.3. The highest BCUT2D eigenvalue weighted by Gasteiger charge is 2.16. The highest BCUT2D eigenvalue weighted by molar-refractivity contribution is 6.35. The zero-order valence-electron chi connectivity index (χ0n) is 9.93. The van der Waals surface area contributed by atoms with Gasteiger partial charge < -0.3 is 16.6 Å². The molecule has 2 aromatic rings. The third-order valence-corrected chi connectivity index (χ3v) is 3.04. The molecule has 1 heterocycles. The number of hydrogen-bond donors (Lipinski definition) is 3. The number of halogens is 1. The quantitative estimate of drug-likeness (QED) is 0.798. The van der Waals surface area contributed by atoms with E-state index < -0.39 is 5.97 Å². The number of hydrogen-bond acceptors (Lipinski definition) is 4. The number of benzene rings is 1. The normalized spacial score (nSPS) is 10.4. The molecule has 98 valence electrons. The summed E-state index contributed by atoms with van der Waals surface area (Å²) < 4.78 is 0. The molecule has 0 saturated carbocycles. The van der Waals surface area contributed by atoms with Crippen LogP contribution in [0.15, 0.2) is 30.3 Å². The fourth-order valence-corrected chi connectivity index (χ4v) is 1.87. The monoisotopic (exact) mass is 277 g/mol. The second-order valence-electron chi connectivity index (χ2n) is 3.97. The van der Waals surface area contributed by atoms with Crippen molar-refractivity contribution < 1.29 is 9.90 Å². The number of carbonyl (C=O) groups is 1. The van der Waals surface area contributed by atoms with Gasteiger partial charge in [0.25, 0.3) is 0 Å². The topological polar surface area (TPSA) is 102 Å². The van der Waals surface area contributed by atoms with E-state index in [-0.39, 0.29) is 16.4 Å². The van der Waals surface area contributed by atoms with Crippen LogP contribution in [-0.4, -0.2) is 16.1 Å². The van der Waals surface area contributed by atoms with Gasteiger partial charge in [-0.3, -0.25) is 0 Å². The van der Waals surface area contributed by atoms with Crippen molar-refractivity contribution in [1.82, 2.24) is 4.98 Å². The Hall–Kier alpha value is -2.11. The van der Waals surface area contributed by atoms with E-state index in [1.807, 2.05) is 18.2 Å². The SMILES string of the molecule is NCc1cccc(-c2cc(N)c(Cl)c(C(=O)O)n2)c1. The van der Waals surface area contributed by atoms with Gasteiger partial charge in [-0.05, 0) is 17.7 Å². The molecule has 0 aliphatic heterocycles. The van der Waals surface area contributed by atoms with Crippen molar-refractivity contribution in [2.24, 2.45) is 5.73 Å². The van der Waals surface area contributed by atoms with Gasteiger partial charge >= 0.3 is 5.97 Å². The highest BCUT2D eigenvalue weighted by atomic mass is 35.5. The number of carboxylic acids is 1. The maximum atomic E-state index is 11.1. The lowest BCUT2D eigenvalue weighted by atomic mass is 10.1. The molecule has 0 bridgehead atoms.